The van der Waals surface area contributed by atoms with Gasteiger partial charge in [-0.25, -0.2) is 4.99 Å². The number of hydrogen-bond donors (Lipinski definition) is 1. The van der Waals surface area contributed by atoms with Crippen LogP contribution in [0.3, 0.4) is 0 Å². The number of ether oxygens (including phenoxy) is 1. The van der Waals surface area contributed by atoms with Crippen LogP contribution in [0.4, 0.5) is 18.9 Å². The molecular weight excluding hydrogens is 321 g/mol. The SMILES string of the molecule is N#Cc1ccc(C2N=CN(c3ccc(OC(F)(F)F)cc3)N2)cc1. The van der Waals surface area contributed by atoms with Crippen LogP contribution >= 0.6 is 0 Å². The Hall–Kier alpha value is -3.05. The number of nitrogens with zero attached hydrogens (tertiary/aromatic N) is 3. The van der Waals surface area contributed by atoms with Crippen molar-refractivity contribution >= 4 is 12.0 Å². The molecule has 24 heavy (non-hydrogen) atoms. The molecule has 1 heterocycles. The van der Waals surface area contributed by atoms with Gasteiger partial charge >= 0.3 is 6.36 Å². The number of alkyl halides is 3. The van der Waals surface area contributed by atoms with Crippen LogP contribution in [0.25, 0.3) is 0 Å². The second kappa shape index (κ2) is 6.22. The lowest BCUT2D eigenvalue weighted by Gasteiger charge is -2.18. The van der Waals surface area contributed by atoms with Gasteiger partial charge in [0.1, 0.15) is 18.3 Å². The number of aliphatic imine (C=N–C) groups is 1. The fourth-order valence-electron chi connectivity index (χ4n) is 2.18. The molecule has 0 aliphatic carbocycles. The number of hydrogen-bond acceptors (Lipinski definition) is 5. The molecule has 1 N–H and O–H groups in total. The van der Waals surface area contributed by atoms with Crippen molar-refractivity contribution in [3.8, 4) is 11.8 Å². The van der Waals surface area contributed by atoms with Gasteiger partial charge in [0.25, 0.3) is 0 Å². The number of hydrazine groups is 1. The lowest BCUT2D eigenvalue weighted by Crippen LogP contribution is -2.33. The fourth-order valence-corrected chi connectivity index (χ4v) is 2.18. The summed E-state index contributed by atoms with van der Waals surface area (Å²) in [7, 11) is 0. The molecule has 1 aliphatic rings. The minimum Gasteiger partial charge on any atom is -0.406 e. The standard InChI is InChI=1S/C16H11F3N4O/c17-16(18,19)24-14-7-5-13(6-8-14)23-10-21-15(22-23)12-3-1-11(9-20)2-4-12/h1-8,10,15,22H. The summed E-state index contributed by atoms with van der Waals surface area (Å²) in [6.07, 6.45) is -3.50. The van der Waals surface area contributed by atoms with Crippen LogP contribution in [0.5, 0.6) is 5.75 Å². The normalized spacial score (nSPS) is 16.9. The smallest absolute Gasteiger partial charge is 0.406 e. The number of nitriles is 1. The lowest BCUT2D eigenvalue weighted by atomic mass is 10.1. The molecule has 1 aliphatic heterocycles. The molecule has 0 radical (unpaired) electrons. The molecule has 0 fully saturated rings. The van der Waals surface area contributed by atoms with Gasteiger partial charge in [0.15, 0.2) is 0 Å². The third-order valence-corrected chi connectivity index (χ3v) is 3.30. The zero-order chi connectivity index (χ0) is 17.2. The fraction of sp³-hybridized carbons (Fsp3) is 0.125. The maximum Gasteiger partial charge on any atom is 0.573 e. The van der Waals surface area contributed by atoms with Crippen molar-refractivity contribution in [3.63, 3.8) is 0 Å². The topological polar surface area (TPSA) is 60.7 Å². The molecule has 5 nitrogen and oxygen atoms in total. The quantitative estimate of drug-likeness (QED) is 0.934. The molecule has 3 rings (SSSR count). The van der Waals surface area contributed by atoms with Crippen LogP contribution in [-0.4, -0.2) is 12.7 Å². The molecule has 0 spiro atoms. The van der Waals surface area contributed by atoms with Gasteiger partial charge in [-0.2, -0.15) is 10.7 Å². The molecular formula is C16H11F3N4O. The van der Waals surface area contributed by atoms with Gasteiger partial charge in [0, 0.05) is 0 Å². The molecule has 2 aromatic carbocycles. The van der Waals surface area contributed by atoms with E-state index in [0.717, 1.165) is 5.56 Å². The van der Waals surface area contributed by atoms with Crippen LogP contribution in [-0.2, 0) is 0 Å². The summed E-state index contributed by atoms with van der Waals surface area (Å²) < 4.78 is 40.3. The van der Waals surface area contributed by atoms with E-state index in [1.165, 1.54) is 24.3 Å². The predicted molar refractivity (Wildman–Crippen MR) is 81.1 cm³/mol. The van der Waals surface area contributed by atoms with E-state index >= 15 is 0 Å². The predicted octanol–water partition coefficient (Wildman–Crippen LogP) is 3.51. The van der Waals surface area contributed by atoms with Gasteiger partial charge in [0.2, 0.25) is 0 Å². The second-order valence-corrected chi connectivity index (χ2v) is 4.94. The number of halogens is 3. The maximum atomic E-state index is 12.1. The third kappa shape index (κ3) is 3.64. The first kappa shape index (κ1) is 15.8. The van der Waals surface area contributed by atoms with E-state index in [-0.39, 0.29) is 11.9 Å². The zero-order valence-corrected chi connectivity index (χ0v) is 12.2. The highest BCUT2D eigenvalue weighted by molar-refractivity contribution is 5.80. The average Bonchev–Trinajstić information content (AvgIpc) is 3.04. The highest BCUT2D eigenvalue weighted by atomic mass is 19.4. The second-order valence-electron chi connectivity index (χ2n) is 4.94. The Balaban J connectivity index is 1.67. The maximum absolute atomic E-state index is 12.1. The molecule has 0 amide bonds. The van der Waals surface area contributed by atoms with Crippen molar-refractivity contribution < 1.29 is 17.9 Å². The first-order valence-electron chi connectivity index (χ1n) is 6.89. The number of nitrogens with one attached hydrogen (secondary N) is 1. The van der Waals surface area contributed by atoms with Gasteiger partial charge in [-0.3, -0.25) is 5.01 Å². The number of anilines is 1. The largest absolute Gasteiger partial charge is 0.573 e. The highest BCUT2D eigenvalue weighted by Gasteiger charge is 2.31. The van der Waals surface area contributed by atoms with E-state index in [0.29, 0.717) is 11.3 Å². The lowest BCUT2D eigenvalue weighted by molar-refractivity contribution is -0.274. The van der Waals surface area contributed by atoms with Crippen LogP contribution in [0.2, 0.25) is 0 Å². The van der Waals surface area contributed by atoms with Crippen LogP contribution in [0.1, 0.15) is 17.3 Å². The third-order valence-electron chi connectivity index (χ3n) is 3.30. The monoisotopic (exact) mass is 332 g/mol. The van der Waals surface area contributed by atoms with Crippen LogP contribution in [0.15, 0.2) is 53.5 Å². The van der Waals surface area contributed by atoms with E-state index in [9.17, 15) is 13.2 Å². The van der Waals surface area contributed by atoms with Crippen molar-refractivity contribution in [2.24, 2.45) is 4.99 Å². The van der Waals surface area contributed by atoms with Crippen molar-refractivity contribution in [1.82, 2.24) is 5.43 Å². The Labute approximate surface area is 135 Å². The Morgan fingerprint density at radius 1 is 1.08 bits per heavy atom. The summed E-state index contributed by atoms with van der Waals surface area (Å²) >= 11 is 0. The van der Waals surface area contributed by atoms with Crippen LogP contribution in [0, 0.1) is 11.3 Å². The number of rotatable bonds is 3. The highest BCUT2D eigenvalue weighted by Crippen LogP contribution is 2.27. The molecule has 0 saturated carbocycles. The number of benzene rings is 2. The summed E-state index contributed by atoms with van der Waals surface area (Å²) in [5, 5.41) is 10.4. The average molecular weight is 332 g/mol. The molecule has 1 unspecified atom stereocenters. The van der Waals surface area contributed by atoms with Crippen molar-refractivity contribution in [1.29, 1.82) is 5.26 Å². The van der Waals surface area contributed by atoms with Gasteiger partial charge < -0.3 is 4.74 Å². The summed E-state index contributed by atoms with van der Waals surface area (Å²) in [5.74, 6) is -0.286. The van der Waals surface area contributed by atoms with E-state index < -0.39 is 6.36 Å². The van der Waals surface area contributed by atoms with E-state index in [1.807, 2.05) is 6.07 Å². The van der Waals surface area contributed by atoms with Crippen molar-refractivity contribution in [3.05, 3.63) is 59.7 Å². The van der Waals surface area contributed by atoms with Gasteiger partial charge in [0.05, 0.1) is 17.3 Å². The Morgan fingerprint density at radius 2 is 1.75 bits per heavy atom. The van der Waals surface area contributed by atoms with E-state index in [1.54, 1.807) is 35.6 Å². The van der Waals surface area contributed by atoms with Crippen molar-refractivity contribution in [2.45, 2.75) is 12.5 Å². The molecule has 0 bridgehead atoms. The Morgan fingerprint density at radius 3 is 2.33 bits per heavy atom. The molecule has 0 aromatic heterocycles. The summed E-state index contributed by atoms with van der Waals surface area (Å²) in [6.45, 7) is 0. The van der Waals surface area contributed by atoms with Gasteiger partial charge in [-0.1, -0.05) is 12.1 Å². The molecule has 1 atom stereocenters. The molecule has 0 saturated heterocycles. The van der Waals surface area contributed by atoms with Gasteiger partial charge in [-0.15, -0.1) is 13.2 Å². The first-order valence-corrected chi connectivity index (χ1v) is 6.89. The summed E-state index contributed by atoms with van der Waals surface area (Å²) in [4.78, 5) is 4.30. The Kier molecular flexibility index (Phi) is 4.10. The summed E-state index contributed by atoms with van der Waals surface area (Å²) in [6, 6.07) is 14.4. The minimum absolute atomic E-state index is 0.286. The van der Waals surface area contributed by atoms with E-state index in [2.05, 4.69) is 15.2 Å². The van der Waals surface area contributed by atoms with Crippen LogP contribution < -0.4 is 15.2 Å². The minimum atomic E-state index is -4.71. The van der Waals surface area contributed by atoms with Crippen molar-refractivity contribution in [2.75, 3.05) is 5.01 Å². The summed E-state index contributed by atoms with van der Waals surface area (Å²) in [5.41, 5.74) is 5.13. The molecule has 2 aromatic rings. The Bertz CT molecular complexity index is 779. The molecule has 122 valence electrons. The first-order chi connectivity index (χ1) is 11.4. The van der Waals surface area contributed by atoms with Gasteiger partial charge in [-0.05, 0) is 42.0 Å². The zero-order valence-electron chi connectivity index (χ0n) is 12.2. The van der Waals surface area contributed by atoms with E-state index in [4.69, 9.17) is 5.26 Å². The molecule has 8 heteroatoms.